The van der Waals surface area contributed by atoms with Crippen LogP contribution in [0.2, 0.25) is 18.1 Å². The van der Waals surface area contributed by atoms with E-state index in [-0.39, 0.29) is 23.7 Å². The SMILES string of the molecule is C[C@H]([C@H](O)c1ccccc1)[C@@H](CCO)O[Si](C)(C)C(C)(C)C. The second-order valence-electron chi connectivity index (χ2n) is 7.64. The second-order valence-corrected chi connectivity index (χ2v) is 12.4. The van der Waals surface area contributed by atoms with Crippen molar-refractivity contribution >= 4 is 8.32 Å². The van der Waals surface area contributed by atoms with Gasteiger partial charge in [-0.3, -0.25) is 0 Å². The Morgan fingerprint density at radius 1 is 1.14 bits per heavy atom. The van der Waals surface area contributed by atoms with Gasteiger partial charge >= 0.3 is 0 Å². The minimum Gasteiger partial charge on any atom is -0.413 e. The second kappa shape index (κ2) is 7.73. The van der Waals surface area contributed by atoms with Gasteiger partial charge in [0.1, 0.15) is 0 Å². The highest BCUT2D eigenvalue weighted by atomic mass is 28.4. The molecule has 0 saturated carbocycles. The summed E-state index contributed by atoms with van der Waals surface area (Å²) in [6.07, 6.45) is -0.166. The van der Waals surface area contributed by atoms with E-state index in [0.29, 0.717) is 6.42 Å². The van der Waals surface area contributed by atoms with Crippen LogP contribution in [-0.2, 0) is 4.43 Å². The van der Waals surface area contributed by atoms with Crippen LogP contribution in [0.25, 0.3) is 0 Å². The topological polar surface area (TPSA) is 49.7 Å². The van der Waals surface area contributed by atoms with Crippen molar-refractivity contribution in [2.75, 3.05) is 6.61 Å². The molecule has 0 fully saturated rings. The molecule has 0 heterocycles. The molecule has 0 aliphatic carbocycles. The van der Waals surface area contributed by atoms with E-state index in [9.17, 15) is 10.2 Å². The highest BCUT2D eigenvalue weighted by Crippen LogP contribution is 2.39. The lowest BCUT2D eigenvalue weighted by molar-refractivity contribution is 0.0154. The number of aliphatic hydroxyl groups excluding tert-OH is 2. The van der Waals surface area contributed by atoms with Gasteiger partial charge in [0.25, 0.3) is 0 Å². The lowest BCUT2D eigenvalue weighted by atomic mass is 9.91. The molecule has 0 aliphatic rings. The minimum atomic E-state index is -1.94. The van der Waals surface area contributed by atoms with Crippen molar-refractivity contribution in [1.82, 2.24) is 0 Å². The van der Waals surface area contributed by atoms with Crippen molar-refractivity contribution in [2.24, 2.45) is 5.92 Å². The quantitative estimate of drug-likeness (QED) is 0.742. The molecule has 0 aromatic heterocycles. The van der Waals surface area contributed by atoms with Crippen molar-refractivity contribution in [3.63, 3.8) is 0 Å². The van der Waals surface area contributed by atoms with Crippen LogP contribution >= 0.6 is 0 Å². The fourth-order valence-electron chi connectivity index (χ4n) is 2.27. The predicted molar refractivity (Wildman–Crippen MR) is 94.3 cm³/mol. The zero-order valence-corrected chi connectivity index (χ0v) is 15.8. The summed E-state index contributed by atoms with van der Waals surface area (Å²) in [5.41, 5.74) is 0.900. The molecule has 22 heavy (non-hydrogen) atoms. The van der Waals surface area contributed by atoms with Gasteiger partial charge in [-0.15, -0.1) is 0 Å². The third-order valence-corrected chi connectivity index (χ3v) is 9.40. The van der Waals surface area contributed by atoms with E-state index in [1.54, 1.807) is 0 Å². The summed E-state index contributed by atoms with van der Waals surface area (Å²) < 4.78 is 6.47. The molecular formula is C18H32O3Si. The van der Waals surface area contributed by atoms with Crippen molar-refractivity contribution in [3.8, 4) is 0 Å². The van der Waals surface area contributed by atoms with Gasteiger partial charge in [-0.25, -0.2) is 0 Å². The van der Waals surface area contributed by atoms with Crippen molar-refractivity contribution in [1.29, 1.82) is 0 Å². The molecule has 0 saturated heterocycles. The summed E-state index contributed by atoms with van der Waals surface area (Å²) in [4.78, 5) is 0. The molecular weight excluding hydrogens is 292 g/mol. The van der Waals surface area contributed by atoms with Crippen molar-refractivity contribution in [3.05, 3.63) is 35.9 Å². The van der Waals surface area contributed by atoms with E-state index >= 15 is 0 Å². The van der Waals surface area contributed by atoms with Crippen molar-refractivity contribution in [2.45, 2.75) is 64.5 Å². The van der Waals surface area contributed by atoms with E-state index in [0.717, 1.165) is 5.56 Å². The van der Waals surface area contributed by atoms with E-state index in [4.69, 9.17) is 4.43 Å². The molecule has 0 aliphatic heterocycles. The van der Waals surface area contributed by atoms with Crippen LogP contribution in [-0.4, -0.2) is 31.2 Å². The Balaban J connectivity index is 2.90. The number of rotatable bonds is 7. The van der Waals surface area contributed by atoms with E-state index in [1.165, 1.54) is 0 Å². The Bertz CT molecular complexity index is 439. The van der Waals surface area contributed by atoms with Crippen LogP contribution in [0.3, 0.4) is 0 Å². The number of aliphatic hydroxyl groups is 2. The molecule has 3 atom stereocenters. The molecule has 0 bridgehead atoms. The first kappa shape index (κ1) is 19.4. The highest BCUT2D eigenvalue weighted by Gasteiger charge is 2.41. The largest absolute Gasteiger partial charge is 0.413 e. The summed E-state index contributed by atoms with van der Waals surface area (Å²) in [6, 6.07) is 9.67. The molecule has 1 aromatic carbocycles. The van der Waals surface area contributed by atoms with Crippen molar-refractivity contribution < 1.29 is 14.6 Å². The summed E-state index contributed by atoms with van der Waals surface area (Å²) in [5.74, 6) is -0.0660. The molecule has 2 N–H and O–H groups in total. The molecule has 3 nitrogen and oxygen atoms in total. The summed E-state index contributed by atoms with van der Waals surface area (Å²) in [6.45, 7) is 13.1. The van der Waals surface area contributed by atoms with Crippen LogP contribution in [0.4, 0.5) is 0 Å². The van der Waals surface area contributed by atoms with Gasteiger partial charge in [-0.1, -0.05) is 58.0 Å². The van der Waals surface area contributed by atoms with Gasteiger partial charge in [-0.05, 0) is 30.1 Å². The number of hydrogen-bond acceptors (Lipinski definition) is 3. The third kappa shape index (κ3) is 4.91. The first-order valence-corrected chi connectivity index (χ1v) is 11.0. The normalized spacial score (nSPS) is 17.1. The molecule has 1 rings (SSSR count). The maximum atomic E-state index is 10.6. The average Bonchev–Trinajstić information content (AvgIpc) is 2.45. The van der Waals surface area contributed by atoms with Gasteiger partial charge < -0.3 is 14.6 Å². The summed E-state index contributed by atoms with van der Waals surface area (Å²) >= 11 is 0. The third-order valence-electron chi connectivity index (χ3n) is 4.89. The predicted octanol–water partition coefficient (Wildman–Crippen LogP) is 4.13. The molecule has 126 valence electrons. The van der Waals surface area contributed by atoms with Crippen LogP contribution in [0.15, 0.2) is 30.3 Å². The zero-order chi connectivity index (χ0) is 17.0. The summed E-state index contributed by atoms with van der Waals surface area (Å²) in [7, 11) is -1.94. The van der Waals surface area contributed by atoms with E-state index < -0.39 is 14.4 Å². The van der Waals surface area contributed by atoms with Gasteiger partial charge in [0.2, 0.25) is 0 Å². The first-order valence-electron chi connectivity index (χ1n) is 8.12. The van der Waals surface area contributed by atoms with Crippen LogP contribution in [0.1, 0.15) is 45.8 Å². The summed E-state index contributed by atoms with van der Waals surface area (Å²) in [5, 5.41) is 20.1. The fourth-order valence-corrected chi connectivity index (χ4v) is 3.71. The van der Waals surface area contributed by atoms with E-state index in [2.05, 4.69) is 33.9 Å². The Hall–Kier alpha value is -0.683. The van der Waals surface area contributed by atoms with E-state index in [1.807, 2.05) is 37.3 Å². The number of benzene rings is 1. The average molecular weight is 325 g/mol. The van der Waals surface area contributed by atoms with Gasteiger partial charge in [0.15, 0.2) is 8.32 Å². The lowest BCUT2D eigenvalue weighted by Gasteiger charge is -2.41. The Morgan fingerprint density at radius 3 is 2.14 bits per heavy atom. The fraction of sp³-hybridized carbons (Fsp3) is 0.667. The lowest BCUT2D eigenvalue weighted by Crippen LogP contribution is -2.46. The number of hydrogen-bond donors (Lipinski definition) is 2. The van der Waals surface area contributed by atoms with Crippen LogP contribution in [0.5, 0.6) is 0 Å². The molecule has 0 unspecified atom stereocenters. The molecule has 4 heteroatoms. The highest BCUT2D eigenvalue weighted by molar-refractivity contribution is 6.74. The minimum absolute atomic E-state index is 0.0660. The smallest absolute Gasteiger partial charge is 0.192 e. The molecule has 0 amide bonds. The standard InChI is InChI=1S/C18H32O3Si/c1-14(17(20)15-10-8-7-9-11-15)16(12-13-19)21-22(5,6)18(2,3)4/h7-11,14,16-17,19-20H,12-13H2,1-6H3/t14-,16+,17-/m0/s1. The maximum absolute atomic E-state index is 10.6. The van der Waals surface area contributed by atoms with Crippen LogP contribution < -0.4 is 0 Å². The van der Waals surface area contributed by atoms with Gasteiger partial charge in [-0.2, -0.15) is 0 Å². The Kier molecular flexibility index (Phi) is 6.80. The monoisotopic (exact) mass is 324 g/mol. The molecule has 1 aromatic rings. The molecule has 0 spiro atoms. The maximum Gasteiger partial charge on any atom is 0.192 e. The zero-order valence-electron chi connectivity index (χ0n) is 14.8. The van der Waals surface area contributed by atoms with Gasteiger partial charge in [0.05, 0.1) is 12.2 Å². The van der Waals surface area contributed by atoms with Crippen LogP contribution in [0, 0.1) is 5.92 Å². The first-order chi connectivity index (χ1) is 10.1. The molecule has 0 radical (unpaired) electrons. The Morgan fingerprint density at radius 2 is 1.68 bits per heavy atom. The Labute approximate surface area is 136 Å². The van der Waals surface area contributed by atoms with Gasteiger partial charge in [0, 0.05) is 12.5 Å².